The molecule has 0 saturated heterocycles. The summed E-state index contributed by atoms with van der Waals surface area (Å²) in [4.78, 5) is 16.0. The number of hydrogen-bond acceptors (Lipinski definition) is 6. The first-order valence-electron chi connectivity index (χ1n) is 7.26. The number of carbonyl (C=O) groups is 1. The minimum absolute atomic E-state index is 0.0839. The summed E-state index contributed by atoms with van der Waals surface area (Å²) in [6, 6.07) is 10.8. The number of halogens is 1. The Morgan fingerprint density at radius 1 is 1.21 bits per heavy atom. The van der Waals surface area contributed by atoms with Crippen molar-refractivity contribution in [2.45, 2.75) is 20.0 Å². The zero-order chi connectivity index (χ0) is 17.1. The van der Waals surface area contributed by atoms with Gasteiger partial charge in [0.15, 0.2) is 6.10 Å². The predicted octanol–water partition coefficient (Wildman–Crippen LogP) is 4.01. The van der Waals surface area contributed by atoms with Crippen LogP contribution in [0, 0.1) is 6.92 Å². The minimum atomic E-state index is -0.708. The average molecular weight is 344 g/mol. The van der Waals surface area contributed by atoms with Crippen LogP contribution in [0.2, 0.25) is 5.15 Å². The molecule has 0 aliphatic carbocycles. The molecule has 24 heavy (non-hydrogen) atoms. The highest BCUT2D eigenvalue weighted by molar-refractivity contribution is 6.32. The Kier molecular flexibility index (Phi) is 4.57. The smallest absolute Gasteiger partial charge is 0.342 e. The molecule has 0 spiro atoms. The fraction of sp³-hybridized carbons (Fsp3) is 0.176. The third-order valence-corrected chi connectivity index (χ3v) is 3.65. The van der Waals surface area contributed by atoms with E-state index >= 15 is 0 Å². The number of aryl methyl sites for hydroxylation is 1. The van der Waals surface area contributed by atoms with E-state index < -0.39 is 12.1 Å². The van der Waals surface area contributed by atoms with E-state index in [9.17, 15) is 4.79 Å². The van der Waals surface area contributed by atoms with Gasteiger partial charge in [-0.2, -0.15) is 0 Å². The number of esters is 1. The van der Waals surface area contributed by atoms with Gasteiger partial charge in [-0.05, 0) is 38.1 Å². The van der Waals surface area contributed by atoms with E-state index in [0.717, 1.165) is 11.1 Å². The third kappa shape index (κ3) is 3.44. The lowest BCUT2D eigenvalue weighted by atomic mass is 10.1. The summed E-state index contributed by atoms with van der Waals surface area (Å²) in [6.07, 6.45) is 0.787. The van der Waals surface area contributed by atoms with Crippen molar-refractivity contribution in [3.05, 3.63) is 64.8 Å². The summed E-state index contributed by atoms with van der Waals surface area (Å²) in [6.45, 7) is 3.64. The van der Waals surface area contributed by atoms with Gasteiger partial charge in [0.1, 0.15) is 5.15 Å². The molecule has 1 atom stereocenters. The van der Waals surface area contributed by atoms with E-state index in [1.807, 2.05) is 31.2 Å². The van der Waals surface area contributed by atoms with Crippen LogP contribution in [0.15, 0.2) is 47.0 Å². The Morgan fingerprint density at radius 3 is 2.67 bits per heavy atom. The molecular weight excluding hydrogens is 330 g/mol. The summed E-state index contributed by atoms with van der Waals surface area (Å²) < 4.78 is 10.9. The second-order valence-corrected chi connectivity index (χ2v) is 5.56. The van der Waals surface area contributed by atoms with Crippen molar-refractivity contribution in [1.82, 2.24) is 15.2 Å². The van der Waals surface area contributed by atoms with E-state index in [1.54, 1.807) is 13.0 Å². The van der Waals surface area contributed by atoms with Crippen LogP contribution >= 0.6 is 11.6 Å². The van der Waals surface area contributed by atoms with Crippen molar-refractivity contribution in [3.8, 4) is 11.5 Å². The number of hydrogen-bond donors (Lipinski definition) is 0. The molecule has 122 valence electrons. The molecule has 3 aromatic rings. The average Bonchev–Trinajstić information content (AvgIpc) is 3.06. The van der Waals surface area contributed by atoms with Gasteiger partial charge >= 0.3 is 5.97 Å². The van der Waals surface area contributed by atoms with Gasteiger partial charge in [0.05, 0.1) is 5.56 Å². The predicted molar refractivity (Wildman–Crippen MR) is 87.5 cm³/mol. The van der Waals surface area contributed by atoms with Crippen LogP contribution in [0.3, 0.4) is 0 Å². The number of aromatic nitrogens is 3. The molecule has 1 aromatic carbocycles. The Bertz CT molecular complexity index is 862. The number of pyridine rings is 1. The molecule has 0 fully saturated rings. The van der Waals surface area contributed by atoms with Crippen LogP contribution < -0.4 is 0 Å². The second kappa shape index (κ2) is 6.80. The first-order chi connectivity index (χ1) is 11.5. The molecule has 0 bridgehead atoms. The lowest BCUT2D eigenvalue weighted by Gasteiger charge is -2.09. The van der Waals surface area contributed by atoms with Crippen LogP contribution in [-0.4, -0.2) is 21.2 Å². The van der Waals surface area contributed by atoms with Gasteiger partial charge < -0.3 is 9.15 Å². The first kappa shape index (κ1) is 16.1. The summed E-state index contributed by atoms with van der Waals surface area (Å²) in [5.74, 6) is -0.0260. The van der Waals surface area contributed by atoms with Gasteiger partial charge in [0.25, 0.3) is 5.89 Å². The van der Waals surface area contributed by atoms with Gasteiger partial charge in [-0.3, -0.25) is 0 Å². The lowest BCUT2D eigenvalue weighted by Crippen LogP contribution is -2.10. The number of ether oxygens (including phenoxy) is 1. The van der Waals surface area contributed by atoms with E-state index in [1.165, 1.54) is 12.3 Å². The fourth-order valence-electron chi connectivity index (χ4n) is 2.02. The van der Waals surface area contributed by atoms with Gasteiger partial charge in [-0.1, -0.05) is 29.3 Å². The third-order valence-electron chi connectivity index (χ3n) is 3.35. The Labute approximate surface area is 143 Å². The zero-order valence-corrected chi connectivity index (χ0v) is 13.8. The van der Waals surface area contributed by atoms with Crippen molar-refractivity contribution >= 4 is 17.6 Å². The highest BCUT2D eigenvalue weighted by atomic mass is 35.5. The molecule has 2 aromatic heterocycles. The molecule has 3 rings (SSSR count). The fourth-order valence-corrected chi connectivity index (χ4v) is 2.22. The molecule has 2 heterocycles. The standard InChI is InChI=1S/C17H14ClN3O3/c1-10-5-7-12(8-6-10)16-21-20-15(24-16)11(2)23-17(22)13-4-3-9-19-14(13)18/h3-9,11H,1-2H3/t11-/m0/s1. The molecule has 0 amide bonds. The normalized spacial score (nSPS) is 12.0. The maximum absolute atomic E-state index is 12.1. The molecule has 0 unspecified atom stereocenters. The molecule has 6 nitrogen and oxygen atoms in total. The molecule has 0 radical (unpaired) electrons. The summed E-state index contributed by atoms with van der Waals surface area (Å²) in [5, 5.41) is 8.01. The second-order valence-electron chi connectivity index (χ2n) is 5.20. The quantitative estimate of drug-likeness (QED) is 0.526. The van der Waals surface area contributed by atoms with E-state index in [-0.39, 0.29) is 16.6 Å². The molecule has 0 N–H and O–H groups in total. The van der Waals surface area contributed by atoms with E-state index in [2.05, 4.69) is 15.2 Å². The zero-order valence-electron chi connectivity index (χ0n) is 13.1. The van der Waals surface area contributed by atoms with Crippen LogP contribution in [0.5, 0.6) is 0 Å². The number of carbonyl (C=O) groups excluding carboxylic acids is 1. The SMILES string of the molecule is Cc1ccc(-c2nnc([C@H](C)OC(=O)c3cccnc3Cl)o2)cc1. The van der Waals surface area contributed by atoms with Gasteiger partial charge in [0.2, 0.25) is 5.89 Å². The summed E-state index contributed by atoms with van der Waals surface area (Å²) in [7, 11) is 0. The topological polar surface area (TPSA) is 78.1 Å². The van der Waals surface area contributed by atoms with Crippen molar-refractivity contribution in [1.29, 1.82) is 0 Å². The van der Waals surface area contributed by atoms with Crippen LogP contribution in [0.25, 0.3) is 11.5 Å². The maximum Gasteiger partial charge on any atom is 0.342 e. The molecule has 7 heteroatoms. The maximum atomic E-state index is 12.1. The highest BCUT2D eigenvalue weighted by Gasteiger charge is 2.21. The lowest BCUT2D eigenvalue weighted by molar-refractivity contribution is 0.0279. The summed E-state index contributed by atoms with van der Waals surface area (Å²) in [5.41, 5.74) is 2.12. The number of benzene rings is 1. The van der Waals surface area contributed by atoms with E-state index in [0.29, 0.717) is 5.89 Å². The van der Waals surface area contributed by atoms with Crippen LogP contribution in [0.4, 0.5) is 0 Å². The van der Waals surface area contributed by atoms with E-state index in [4.69, 9.17) is 20.8 Å². The van der Waals surface area contributed by atoms with Crippen molar-refractivity contribution in [3.63, 3.8) is 0 Å². The van der Waals surface area contributed by atoms with Crippen molar-refractivity contribution in [2.24, 2.45) is 0 Å². The number of rotatable bonds is 4. The van der Waals surface area contributed by atoms with Gasteiger partial charge in [-0.15, -0.1) is 10.2 Å². The summed E-state index contributed by atoms with van der Waals surface area (Å²) >= 11 is 5.88. The van der Waals surface area contributed by atoms with Gasteiger partial charge in [0, 0.05) is 11.8 Å². The highest BCUT2D eigenvalue weighted by Crippen LogP contribution is 2.24. The largest absolute Gasteiger partial charge is 0.449 e. The van der Waals surface area contributed by atoms with Crippen molar-refractivity contribution in [2.75, 3.05) is 0 Å². The molecule has 0 aliphatic rings. The Morgan fingerprint density at radius 2 is 1.96 bits per heavy atom. The molecular formula is C17H14ClN3O3. The van der Waals surface area contributed by atoms with Crippen LogP contribution in [-0.2, 0) is 4.74 Å². The van der Waals surface area contributed by atoms with Crippen molar-refractivity contribution < 1.29 is 13.9 Å². The van der Waals surface area contributed by atoms with Crippen LogP contribution in [0.1, 0.15) is 34.8 Å². The monoisotopic (exact) mass is 343 g/mol. The molecule has 0 saturated carbocycles. The Hall–Kier alpha value is -2.73. The molecule has 0 aliphatic heterocycles. The first-order valence-corrected chi connectivity index (χ1v) is 7.64. The number of nitrogens with zero attached hydrogens (tertiary/aromatic N) is 3. The minimum Gasteiger partial charge on any atom is -0.449 e. The Balaban J connectivity index is 1.74. The van der Waals surface area contributed by atoms with Gasteiger partial charge in [-0.25, -0.2) is 9.78 Å².